The van der Waals surface area contributed by atoms with E-state index in [9.17, 15) is 8.42 Å². The van der Waals surface area contributed by atoms with Crippen molar-refractivity contribution in [3.05, 3.63) is 0 Å². The van der Waals surface area contributed by atoms with Gasteiger partial charge in [-0.3, -0.25) is 0 Å². The molecule has 4 heteroatoms. The van der Waals surface area contributed by atoms with Gasteiger partial charge in [0, 0.05) is 5.54 Å². The topological polar surface area (TPSA) is 60.2 Å². The zero-order valence-corrected chi connectivity index (χ0v) is 9.73. The average Bonchev–Trinajstić information content (AvgIpc) is 2.19. The van der Waals surface area contributed by atoms with E-state index in [1.807, 2.05) is 13.8 Å². The fourth-order valence-electron chi connectivity index (χ4n) is 3.01. The fourth-order valence-corrected chi connectivity index (χ4v) is 4.87. The molecule has 2 aliphatic rings. The van der Waals surface area contributed by atoms with Crippen LogP contribution in [0, 0.1) is 5.92 Å². The molecule has 0 radical (unpaired) electrons. The van der Waals surface area contributed by atoms with E-state index in [0.29, 0.717) is 5.75 Å². The molecule has 1 saturated carbocycles. The standard InChI is InChI=1S/C10H19NO2S/c1-9(2)8(4-7-14(9,12)13)10(11)5-3-6-10/h8H,3-7,11H2,1-2H3. The van der Waals surface area contributed by atoms with E-state index in [0.717, 1.165) is 25.7 Å². The largest absolute Gasteiger partial charge is 0.325 e. The molecule has 1 atom stereocenters. The molecule has 0 aromatic rings. The van der Waals surface area contributed by atoms with Crippen molar-refractivity contribution in [2.45, 2.75) is 49.8 Å². The lowest BCUT2D eigenvalue weighted by Gasteiger charge is -2.47. The summed E-state index contributed by atoms with van der Waals surface area (Å²) in [5.74, 6) is 0.484. The maximum Gasteiger partial charge on any atom is 0.155 e. The summed E-state index contributed by atoms with van der Waals surface area (Å²) < 4.78 is 23.0. The van der Waals surface area contributed by atoms with Gasteiger partial charge in [0.05, 0.1) is 10.5 Å². The highest BCUT2D eigenvalue weighted by atomic mass is 32.2. The van der Waals surface area contributed by atoms with Crippen LogP contribution in [0.2, 0.25) is 0 Å². The zero-order valence-electron chi connectivity index (χ0n) is 8.91. The Morgan fingerprint density at radius 2 is 1.86 bits per heavy atom. The van der Waals surface area contributed by atoms with Crippen LogP contribution in [0.5, 0.6) is 0 Å². The van der Waals surface area contributed by atoms with E-state index in [4.69, 9.17) is 5.73 Å². The molecule has 14 heavy (non-hydrogen) atoms. The summed E-state index contributed by atoms with van der Waals surface area (Å²) in [5, 5.41) is 0. The molecule has 0 spiro atoms. The third kappa shape index (κ3) is 1.16. The van der Waals surface area contributed by atoms with E-state index >= 15 is 0 Å². The van der Waals surface area contributed by atoms with Crippen molar-refractivity contribution in [2.75, 3.05) is 5.75 Å². The van der Waals surface area contributed by atoms with Crippen LogP contribution in [-0.4, -0.2) is 24.5 Å². The molecule has 2 fully saturated rings. The Labute approximate surface area is 86.0 Å². The van der Waals surface area contributed by atoms with E-state index < -0.39 is 14.6 Å². The van der Waals surface area contributed by atoms with Crippen LogP contribution in [0.1, 0.15) is 39.5 Å². The average molecular weight is 217 g/mol. The van der Waals surface area contributed by atoms with Crippen LogP contribution in [0.3, 0.4) is 0 Å². The van der Waals surface area contributed by atoms with Crippen molar-refractivity contribution in [3.8, 4) is 0 Å². The van der Waals surface area contributed by atoms with Gasteiger partial charge in [0.25, 0.3) is 0 Å². The minimum atomic E-state index is -2.91. The number of hydrogen-bond donors (Lipinski definition) is 1. The summed E-state index contributed by atoms with van der Waals surface area (Å²) in [6, 6.07) is 0. The lowest BCUT2D eigenvalue weighted by atomic mass is 9.64. The Morgan fingerprint density at radius 3 is 2.14 bits per heavy atom. The summed E-state index contributed by atoms with van der Waals surface area (Å²) in [6.45, 7) is 3.68. The second-order valence-corrected chi connectivity index (χ2v) is 8.04. The second-order valence-electron chi connectivity index (χ2n) is 5.35. The molecule has 2 N–H and O–H groups in total. The summed E-state index contributed by atoms with van der Waals surface area (Å²) in [7, 11) is -2.91. The van der Waals surface area contributed by atoms with Gasteiger partial charge in [-0.15, -0.1) is 0 Å². The first-order chi connectivity index (χ1) is 6.30. The van der Waals surface area contributed by atoms with Crippen LogP contribution in [0.15, 0.2) is 0 Å². The number of rotatable bonds is 1. The molecule has 1 unspecified atom stereocenters. The molecule has 1 aliphatic carbocycles. The second kappa shape index (κ2) is 2.73. The summed E-state index contributed by atoms with van der Waals surface area (Å²) in [5.41, 5.74) is 6.05. The molecule has 82 valence electrons. The van der Waals surface area contributed by atoms with Crippen LogP contribution >= 0.6 is 0 Å². The molecule has 0 bridgehead atoms. The van der Waals surface area contributed by atoms with E-state index in [2.05, 4.69) is 0 Å². The summed E-state index contributed by atoms with van der Waals surface area (Å²) in [6.07, 6.45) is 3.90. The molecule has 0 aromatic heterocycles. The van der Waals surface area contributed by atoms with E-state index in [1.54, 1.807) is 0 Å². The molecule has 2 rings (SSSR count). The monoisotopic (exact) mass is 217 g/mol. The van der Waals surface area contributed by atoms with Crippen molar-refractivity contribution in [3.63, 3.8) is 0 Å². The normalized spacial score (nSPS) is 37.8. The van der Waals surface area contributed by atoms with Gasteiger partial charge in [-0.05, 0) is 45.4 Å². The molecule has 1 saturated heterocycles. The van der Waals surface area contributed by atoms with E-state index in [1.165, 1.54) is 0 Å². The molecular weight excluding hydrogens is 198 g/mol. The zero-order chi connectivity index (χ0) is 10.6. The third-order valence-corrected chi connectivity index (χ3v) is 6.96. The minimum absolute atomic E-state index is 0.161. The Morgan fingerprint density at radius 1 is 1.29 bits per heavy atom. The SMILES string of the molecule is CC1(C)C(C2(N)CCC2)CCS1(=O)=O. The summed E-state index contributed by atoms with van der Waals surface area (Å²) >= 11 is 0. The molecule has 0 amide bonds. The number of nitrogens with two attached hydrogens (primary N) is 1. The smallest absolute Gasteiger partial charge is 0.155 e. The minimum Gasteiger partial charge on any atom is -0.325 e. The predicted octanol–water partition coefficient (Wildman–Crippen LogP) is 1.08. The predicted molar refractivity (Wildman–Crippen MR) is 56.7 cm³/mol. The molecule has 3 nitrogen and oxygen atoms in total. The molecule has 0 aromatic carbocycles. The molecule has 1 aliphatic heterocycles. The van der Waals surface area contributed by atoms with Gasteiger partial charge < -0.3 is 5.73 Å². The van der Waals surface area contributed by atoms with Gasteiger partial charge in [0.15, 0.2) is 9.84 Å². The molecule has 1 heterocycles. The van der Waals surface area contributed by atoms with Gasteiger partial charge in [0.2, 0.25) is 0 Å². The van der Waals surface area contributed by atoms with E-state index in [-0.39, 0.29) is 11.5 Å². The number of sulfone groups is 1. The summed E-state index contributed by atoms with van der Waals surface area (Å²) in [4.78, 5) is 0. The Balaban J connectivity index is 2.32. The van der Waals surface area contributed by atoms with Gasteiger partial charge in [-0.1, -0.05) is 0 Å². The number of hydrogen-bond acceptors (Lipinski definition) is 3. The van der Waals surface area contributed by atoms with Gasteiger partial charge in [-0.25, -0.2) is 8.42 Å². The van der Waals surface area contributed by atoms with Crippen molar-refractivity contribution < 1.29 is 8.42 Å². The lowest BCUT2D eigenvalue weighted by molar-refractivity contribution is 0.130. The van der Waals surface area contributed by atoms with Crippen LogP contribution in [0.25, 0.3) is 0 Å². The first-order valence-electron chi connectivity index (χ1n) is 5.31. The van der Waals surface area contributed by atoms with Crippen LogP contribution < -0.4 is 5.73 Å². The van der Waals surface area contributed by atoms with Crippen molar-refractivity contribution in [1.82, 2.24) is 0 Å². The highest BCUT2D eigenvalue weighted by Gasteiger charge is 2.56. The fraction of sp³-hybridized carbons (Fsp3) is 1.00. The highest BCUT2D eigenvalue weighted by molar-refractivity contribution is 7.93. The van der Waals surface area contributed by atoms with Crippen molar-refractivity contribution in [2.24, 2.45) is 11.7 Å². The van der Waals surface area contributed by atoms with Crippen LogP contribution in [-0.2, 0) is 9.84 Å². The Bertz CT molecular complexity index is 341. The van der Waals surface area contributed by atoms with Crippen LogP contribution in [0.4, 0.5) is 0 Å². The van der Waals surface area contributed by atoms with Crippen molar-refractivity contribution >= 4 is 9.84 Å². The lowest BCUT2D eigenvalue weighted by Crippen LogP contribution is -2.58. The Kier molecular flexibility index (Phi) is 2.03. The van der Waals surface area contributed by atoms with Gasteiger partial charge in [0.1, 0.15) is 0 Å². The first kappa shape index (κ1) is 10.4. The molecular formula is C10H19NO2S. The van der Waals surface area contributed by atoms with Gasteiger partial charge >= 0.3 is 0 Å². The van der Waals surface area contributed by atoms with Crippen molar-refractivity contribution in [1.29, 1.82) is 0 Å². The maximum atomic E-state index is 11.8. The Hall–Kier alpha value is -0.0900. The quantitative estimate of drug-likeness (QED) is 0.715. The maximum absolute atomic E-state index is 11.8. The highest BCUT2D eigenvalue weighted by Crippen LogP contribution is 2.49. The van der Waals surface area contributed by atoms with Gasteiger partial charge in [-0.2, -0.15) is 0 Å². The third-order valence-electron chi connectivity index (χ3n) is 4.29. The first-order valence-corrected chi connectivity index (χ1v) is 6.96.